The first-order valence-corrected chi connectivity index (χ1v) is 15.4. The maximum atomic E-state index is 11.5. The van der Waals surface area contributed by atoms with Crippen LogP contribution >= 0.6 is 0 Å². The third-order valence-electron chi connectivity index (χ3n) is 9.17. The van der Waals surface area contributed by atoms with Gasteiger partial charge in [0.05, 0.1) is 25.4 Å². The lowest BCUT2D eigenvalue weighted by atomic mass is 9.80. The van der Waals surface area contributed by atoms with Crippen LogP contribution in [0.15, 0.2) is 84.9 Å². The zero-order valence-corrected chi connectivity index (χ0v) is 24.9. The summed E-state index contributed by atoms with van der Waals surface area (Å²) in [6, 6.07) is 27.0. The van der Waals surface area contributed by atoms with Crippen LogP contribution in [-0.4, -0.2) is 71.8 Å². The Kier molecular flexibility index (Phi) is 9.58. The predicted octanol–water partition coefficient (Wildman–Crippen LogP) is 2.95. The van der Waals surface area contributed by atoms with Gasteiger partial charge in [-0.3, -0.25) is 0 Å². The molecule has 0 bridgehead atoms. The van der Waals surface area contributed by atoms with Gasteiger partial charge >= 0.3 is 0 Å². The van der Waals surface area contributed by atoms with Crippen molar-refractivity contribution in [1.82, 2.24) is 0 Å². The molecule has 234 valence electrons. The Hall–Kier alpha value is -2.96. The molecule has 10 unspecified atom stereocenters. The van der Waals surface area contributed by atoms with E-state index in [9.17, 15) is 10.2 Å². The molecule has 0 radical (unpaired) electrons. The van der Waals surface area contributed by atoms with Gasteiger partial charge in [0.1, 0.15) is 30.5 Å². The minimum atomic E-state index is -1.06. The van der Waals surface area contributed by atoms with Crippen molar-refractivity contribution in [3.05, 3.63) is 96.1 Å². The summed E-state index contributed by atoms with van der Waals surface area (Å²) in [6.45, 7) is 2.62. The first kappa shape index (κ1) is 31.0. The van der Waals surface area contributed by atoms with Crippen molar-refractivity contribution in [3.8, 4) is 0 Å². The Morgan fingerprint density at radius 1 is 0.727 bits per heavy atom. The van der Waals surface area contributed by atoms with Crippen molar-refractivity contribution in [2.75, 3.05) is 6.54 Å². The van der Waals surface area contributed by atoms with Crippen molar-refractivity contribution < 1.29 is 29.2 Å². The molecule has 1 aliphatic heterocycles. The van der Waals surface area contributed by atoms with Gasteiger partial charge in [0.25, 0.3) is 0 Å². The average molecular weight is 602 g/mol. The van der Waals surface area contributed by atoms with Gasteiger partial charge in [-0.2, -0.15) is 0 Å². The molecule has 44 heavy (non-hydrogen) atoms. The standard InChI is InChI=1S/C35H43N3O6/c1-20-16-27(37)33(31(40)32(20)41-18-23-12-6-10-21-8-2-4-14-25(21)23)44-35-29(38)34(30(39)28(17-36)43-35)42-19-24-13-7-11-22-9-3-5-15-26(22)24/h2-15,20,27-35,39-40H,16-19,36-38H2,1H3. The number of hydrogen-bond donors (Lipinski definition) is 5. The lowest BCUT2D eigenvalue weighted by Crippen LogP contribution is -2.66. The molecule has 0 amide bonds. The summed E-state index contributed by atoms with van der Waals surface area (Å²) in [7, 11) is 0. The maximum absolute atomic E-state index is 11.5. The monoisotopic (exact) mass is 601 g/mol. The van der Waals surface area contributed by atoms with Crippen LogP contribution in [0.3, 0.4) is 0 Å². The maximum Gasteiger partial charge on any atom is 0.176 e. The normalized spacial score (nSPS) is 32.7. The van der Waals surface area contributed by atoms with Gasteiger partial charge in [-0.25, -0.2) is 0 Å². The molecule has 1 saturated heterocycles. The highest BCUT2D eigenvalue weighted by atomic mass is 16.7. The Balaban J connectivity index is 1.16. The smallest absolute Gasteiger partial charge is 0.176 e. The molecule has 2 aliphatic rings. The zero-order chi connectivity index (χ0) is 30.8. The summed E-state index contributed by atoms with van der Waals surface area (Å²) in [4.78, 5) is 0. The summed E-state index contributed by atoms with van der Waals surface area (Å²) in [5.74, 6) is -0.00818. The summed E-state index contributed by atoms with van der Waals surface area (Å²) < 4.78 is 25.0. The minimum absolute atomic E-state index is 0.00818. The fourth-order valence-corrected chi connectivity index (χ4v) is 6.75. The van der Waals surface area contributed by atoms with Gasteiger partial charge in [-0.15, -0.1) is 0 Å². The largest absolute Gasteiger partial charge is 0.388 e. The van der Waals surface area contributed by atoms with E-state index in [1.807, 2.05) is 73.7 Å². The molecule has 1 saturated carbocycles. The topological polar surface area (TPSA) is 155 Å². The average Bonchev–Trinajstić information content (AvgIpc) is 3.03. The van der Waals surface area contributed by atoms with Crippen LogP contribution in [0.1, 0.15) is 24.5 Å². The summed E-state index contributed by atoms with van der Waals surface area (Å²) >= 11 is 0. The number of ether oxygens (including phenoxy) is 4. The van der Waals surface area contributed by atoms with E-state index in [1.54, 1.807) is 0 Å². The van der Waals surface area contributed by atoms with Crippen LogP contribution in [0.2, 0.25) is 0 Å². The number of hydrogen-bond acceptors (Lipinski definition) is 9. The number of aliphatic hydroxyl groups excluding tert-OH is 2. The molecule has 4 aromatic rings. The van der Waals surface area contributed by atoms with Crippen molar-refractivity contribution in [3.63, 3.8) is 0 Å². The van der Waals surface area contributed by atoms with Crippen LogP contribution in [0.4, 0.5) is 0 Å². The van der Waals surface area contributed by atoms with Gasteiger partial charge < -0.3 is 46.4 Å². The molecule has 2 fully saturated rings. The van der Waals surface area contributed by atoms with E-state index in [2.05, 4.69) is 18.2 Å². The molecule has 10 atom stereocenters. The van der Waals surface area contributed by atoms with Gasteiger partial charge in [-0.1, -0.05) is 91.9 Å². The molecular formula is C35H43N3O6. The quantitative estimate of drug-likeness (QED) is 0.195. The van der Waals surface area contributed by atoms with Crippen molar-refractivity contribution >= 4 is 21.5 Å². The highest BCUT2D eigenvalue weighted by Gasteiger charge is 2.49. The van der Waals surface area contributed by atoms with Crippen molar-refractivity contribution in [1.29, 1.82) is 0 Å². The van der Waals surface area contributed by atoms with Crippen molar-refractivity contribution in [2.45, 2.75) is 81.6 Å². The van der Waals surface area contributed by atoms with Crippen LogP contribution < -0.4 is 17.2 Å². The minimum Gasteiger partial charge on any atom is -0.388 e. The van der Waals surface area contributed by atoms with Crippen LogP contribution in [0.5, 0.6) is 0 Å². The number of benzene rings is 4. The zero-order valence-electron chi connectivity index (χ0n) is 24.9. The number of rotatable bonds is 9. The molecule has 0 aromatic heterocycles. The summed E-state index contributed by atoms with van der Waals surface area (Å²) in [5, 5.41) is 27.0. The van der Waals surface area contributed by atoms with Crippen LogP contribution in [0, 0.1) is 5.92 Å². The molecule has 0 spiro atoms. The Bertz CT molecular complexity index is 1540. The van der Waals surface area contributed by atoms with Crippen molar-refractivity contribution in [2.24, 2.45) is 23.1 Å². The van der Waals surface area contributed by atoms with E-state index in [-0.39, 0.29) is 19.1 Å². The lowest BCUT2D eigenvalue weighted by Gasteiger charge is -2.47. The van der Waals surface area contributed by atoms with E-state index in [1.165, 1.54) is 0 Å². The second-order valence-corrected chi connectivity index (χ2v) is 12.1. The number of aliphatic hydroxyl groups is 2. The van der Waals surface area contributed by atoms with E-state index >= 15 is 0 Å². The second-order valence-electron chi connectivity index (χ2n) is 12.1. The first-order valence-electron chi connectivity index (χ1n) is 15.4. The molecule has 1 heterocycles. The number of nitrogens with two attached hydrogens (primary N) is 3. The Morgan fingerprint density at radius 3 is 1.86 bits per heavy atom. The summed E-state index contributed by atoms with van der Waals surface area (Å²) in [5.41, 5.74) is 21.2. The van der Waals surface area contributed by atoms with Crippen LogP contribution in [-0.2, 0) is 32.2 Å². The van der Waals surface area contributed by atoms with E-state index in [4.69, 9.17) is 36.1 Å². The van der Waals surface area contributed by atoms with Gasteiger partial charge in [0.15, 0.2) is 6.29 Å². The van der Waals surface area contributed by atoms with E-state index < -0.39 is 55.0 Å². The highest BCUT2D eigenvalue weighted by molar-refractivity contribution is 5.86. The summed E-state index contributed by atoms with van der Waals surface area (Å²) in [6.07, 6.45) is -5.46. The van der Waals surface area contributed by atoms with Gasteiger partial charge in [0.2, 0.25) is 0 Å². The SMILES string of the molecule is CC1CC(N)C(OC2OC(CN)C(O)C(OCc3cccc4ccccc34)C2N)C(O)C1OCc1cccc2ccccc12. The highest BCUT2D eigenvalue weighted by Crippen LogP contribution is 2.33. The van der Waals surface area contributed by atoms with Gasteiger partial charge in [-0.05, 0) is 45.0 Å². The third kappa shape index (κ3) is 6.25. The van der Waals surface area contributed by atoms with E-state index in [0.29, 0.717) is 13.0 Å². The van der Waals surface area contributed by atoms with E-state index in [0.717, 1.165) is 32.7 Å². The first-order chi connectivity index (χ1) is 21.4. The fraction of sp³-hybridized carbons (Fsp3) is 0.429. The second kappa shape index (κ2) is 13.6. The molecule has 4 aromatic carbocycles. The molecule has 1 aliphatic carbocycles. The molecule has 9 heteroatoms. The predicted molar refractivity (Wildman–Crippen MR) is 169 cm³/mol. The fourth-order valence-electron chi connectivity index (χ4n) is 6.75. The van der Waals surface area contributed by atoms with Gasteiger partial charge in [0, 0.05) is 12.6 Å². The Labute approximate surface area is 257 Å². The molecule has 9 nitrogen and oxygen atoms in total. The molecular weight excluding hydrogens is 558 g/mol. The molecule has 8 N–H and O–H groups in total. The Morgan fingerprint density at radius 2 is 1.27 bits per heavy atom. The molecule has 6 rings (SSSR count). The lowest BCUT2D eigenvalue weighted by molar-refractivity contribution is -0.296. The number of fused-ring (bicyclic) bond motifs is 2. The van der Waals surface area contributed by atoms with Crippen LogP contribution in [0.25, 0.3) is 21.5 Å². The third-order valence-corrected chi connectivity index (χ3v) is 9.17.